The summed E-state index contributed by atoms with van der Waals surface area (Å²) in [5.74, 6) is 0. The Bertz CT molecular complexity index is 907. The smallest absolute Gasteiger partial charge is 0.263 e. The Balaban J connectivity index is 2.42. The Kier molecular flexibility index (Phi) is 2.73. The molecule has 0 unspecified atom stereocenters. The van der Waals surface area contributed by atoms with Crippen LogP contribution in [-0.4, -0.2) is 19.5 Å². The third kappa shape index (κ3) is 1.82. The minimum Gasteiger partial charge on any atom is -0.263 e. The summed E-state index contributed by atoms with van der Waals surface area (Å²) in [5, 5.41) is 9.52. The van der Waals surface area contributed by atoms with Crippen LogP contribution in [0.4, 0.5) is 0 Å². The van der Waals surface area contributed by atoms with Gasteiger partial charge >= 0.3 is 5.69 Å². The maximum absolute atomic E-state index is 12.1. The monoisotopic (exact) mass is 263 g/mol. The minimum atomic E-state index is -0.425. The molecule has 6 nitrogen and oxygen atoms in total. The van der Waals surface area contributed by atoms with E-state index in [4.69, 9.17) is 5.26 Å². The van der Waals surface area contributed by atoms with E-state index in [-0.39, 0.29) is 0 Å². The van der Waals surface area contributed by atoms with Crippen LogP contribution in [0.1, 0.15) is 11.1 Å². The molecule has 3 aromatic heterocycles. The molecule has 3 rings (SSSR count). The van der Waals surface area contributed by atoms with Crippen molar-refractivity contribution in [3.63, 3.8) is 0 Å². The number of hydrogen-bond acceptors (Lipinski definition) is 5. The molecule has 96 valence electrons. The van der Waals surface area contributed by atoms with Crippen molar-refractivity contribution < 1.29 is 0 Å². The summed E-state index contributed by atoms with van der Waals surface area (Å²) in [6.07, 6.45) is 6.11. The Morgan fingerprint density at radius 3 is 2.85 bits per heavy atom. The maximum Gasteiger partial charge on any atom is 0.353 e. The fourth-order valence-electron chi connectivity index (χ4n) is 2.00. The number of aryl methyl sites for hydroxylation is 1. The second kappa shape index (κ2) is 4.55. The molecule has 0 aliphatic carbocycles. The van der Waals surface area contributed by atoms with Crippen molar-refractivity contribution in [1.82, 2.24) is 19.5 Å². The highest BCUT2D eigenvalue weighted by Gasteiger charge is 2.10. The van der Waals surface area contributed by atoms with Crippen LogP contribution in [0.25, 0.3) is 16.7 Å². The fourth-order valence-corrected chi connectivity index (χ4v) is 2.00. The third-order valence-corrected chi connectivity index (χ3v) is 2.99. The molecular formula is C14H9N5O. The molecule has 0 bridgehead atoms. The summed E-state index contributed by atoms with van der Waals surface area (Å²) in [4.78, 5) is 24.1. The summed E-state index contributed by atoms with van der Waals surface area (Å²) >= 11 is 0. The van der Waals surface area contributed by atoms with E-state index in [9.17, 15) is 4.79 Å². The van der Waals surface area contributed by atoms with Gasteiger partial charge in [0.2, 0.25) is 0 Å². The first-order chi connectivity index (χ1) is 9.70. The van der Waals surface area contributed by atoms with Crippen molar-refractivity contribution in [1.29, 1.82) is 5.26 Å². The molecule has 0 N–H and O–H groups in total. The third-order valence-electron chi connectivity index (χ3n) is 2.99. The lowest BCUT2D eigenvalue weighted by atomic mass is 10.2. The van der Waals surface area contributed by atoms with Gasteiger partial charge in [0.25, 0.3) is 0 Å². The van der Waals surface area contributed by atoms with E-state index in [1.807, 2.05) is 19.1 Å². The van der Waals surface area contributed by atoms with E-state index in [0.717, 1.165) is 5.56 Å². The number of nitriles is 1. The Morgan fingerprint density at radius 2 is 2.10 bits per heavy atom. The highest BCUT2D eigenvalue weighted by molar-refractivity contribution is 5.77. The number of fused-ring (bicyclic) bond motifs is 1. The highest BCUT2D eigenvalue weighted by atomic mass is 16.1. The molecule has 20 heavy (non-hydrogen) atoms. The second-order valence-corrected chi connectivity index (χ2v) is 4.29. The van der Waals surface area contributed by atoms with Crippen LogP contribution in [-0.2, 0) is 0 Å². The number of rotatable bonds is 1. The number of aromatic nitrogens is 4. The summed E-state index contributed by atoms with van der Waals surface area (Å²) in [6, 6.07) is 5.47. The first kappa shape index (κ1) is 12.0. The molecule has 0 aliphatic rings. The molecule has 0 saturated carbocycles. The van der Waals surface area contributed by atoms with Gasteiger partial charge in [-0.15, -0.1) is 0 Å². The highest BCUT2D eigenvalue weighted by Crippen LogP contribution is 2.16. The van der Waals surface area contributed by atoms with Crippen molar-refractivity contribution in [3.8, 4) is 11.8 Å². The zero-order valence-electron chi connectivity index (χ0n) is 10.6. The van der Waals surface area contributed by atoms with E-state index in [1.165, 1.54) is 17.0 Å². The van der Waals surface area contributed by atoms with Crippen molar-refractivity contribution >= 4 is 11.0 Å². The average molecular weight is 263 g/mol. The number of pyridine rings is 2. The van der Waals surface area contributed by atoms with Gasteiger partial charge in [-0.3, -0.25) is 4.98 Å². The standard InChI is InChI=1S/C14H9N5O/c1-9-2-3-16-8-12(9)19-13-11(7-18-14(19)20)4-10(5-15)6-17-13/h2-4,6-8H,1H3. The van der Waals surface area contributed by atoms with Gasteiger partial charge < -0.3 is 0 Å². The van der Waals surface area contributed by atoms with Crippen LogP contribution >= 0.6 is 0 Å². The van der Waals surface area contributed by atoms with Gasteiger partial charge in [-0.25, -0.2) is 19.3 Å². The van der Waals surface area contributed by atoms with Gasteiger partial charge in [0, 0.05) is 24.0 Å². The lowest BCUT2D eigenvalue weighted by molar-refractivity contribution is 0.924. The van der Waals surface area contributed by atoms with Gasteiger partial charge in [0.15, 0.2) is 0 Å². The average Bonchev–Trinajstić information content (AvgIpc) is 2.48. The largest absolute Gasteiger partial charge is 0.353 e. The Morgan fingerprint density at radius 1 is 1.25 bits per heavy atom. The van der Waals surface area contributed by atoms with E-state index >= 15 is 0 Å². The van der Waals surface area contributed by atoms with Gasteiger partial charge in [-0.2, -0.15) is 5.26 Å². The molecule has 0 spiro atoms. The quantitative estimate of drug-likeness (QED) is 0.661. The molecular weight excluding hydrogens is 254 g/mol. The van der Waals surface area contributed by atoms with Gasteiger partial charge in [-0.05, 0) is 24.6 Å². The van der Waals surface area contributed by atoms with E-state index in [2.05, 4.69) is 15.0 Å². The van der Waals surface area contributed by atoms with Crippen LogP contribution in [0.5, 0.6) is 0 Å². The lowest BCUT2D eigenvalue weighted by Gasteiger charge is -2.10. The maximum atomic E-state index is 12.1. The normalized spacial score (nSPS) is 10.4. The van der Waals surface area contributed by atoms with Crippen LogP contribution in [0.3, 0.4) is 0 Å². The van der Waals surface area contributed by atoms with Gasteiger partial charge in [-0.1, -0.05) is 0 Å². The topological polar surface area (TPSA) is 84.5 Å². The molecule has 3 aromatic rings. The van der Waals surface area contributed by atoms with Crippen molar-refractivity contribution in [3.05, 3.63) is 58.5 Å². The first-order valence-corrected chi connectivity index (χ1v) is 5.89. The fraction of sp³-hybridized carbons (Fsp3) is 0.0714. The Hall–Kier alpha value is -3.07. The van der Waals surface area contributed by atoms with Crippen LogP contribution < -0.4 is 5.69 Å². The van der Waals surface area contributed by atoms with Crippen LogP contribution in [0.15, 0.2) is 41.7 Å². The number of nitrogens with zero attached hydrogens (tertiary/aromatic N) is 5. The summed E-state index contributed by atoms with van der Waals surface area (Å²) < 4.78 is 1.40. The van der Waals surface area contributed by atoms with Crippen LogP contribution in [0.2, 0.25) is 0 Å². The molecule has 0 saturated heterocycles. The lowest BCUT2D eigenvalue weighted by Crippen LogP contribution is -2.22. The van der Waals surface area contributed by atoms with Crippen molar-refractivity contribution in [2.45, 2.75) is 6.92 Å². The molecule has 6 heteroatoms. The SMILES string of the molecule is Cc1ccncc1-n1c(=O)ncc2cc(C#N)cnc21. The van der Waals surface area contributed by atoms with Crippen molar-refractivity contribution in [2.75, 3.05) is 0 Å². The first-order valence-electron chi connectivity index (χ1n) is 5.89. The minimum absolute atomic E-state index is 0.424. The van der Waals surface area contributed by atoms with Crippen LogP contribution in [0, 0.1) is 18.3 Å². The predicted molar refractivity (Wildman–Crippen MR) is 72.4 cm³/mol. The number of hydrogen-bond donors (Lipinski definition) is 0. The van der Waals surface area contributed by atoms with E-state index < -0.39 is 5.69 Å². The van der Waals surface area contributed by atoms with E-state index in [1.54, 1.807) is 18.5 Å². The summed E-state index contributed by atoms with van der Waals surface area (Å²) in [5.41, 5.74) is 1.98. The second-order valence-electron chi connectivity index (χ2n) is 4.29. The zero-order chi connectivity index (χ0) is 14.1. The summed E-state index contributed by atoms with van der Waals surface area (Å²) in [7, 11) is 0. The molecule has 0 aliphatic heterocycles. The zero-order valence-corrected chi connectivity index (χ0v) is 10.6. The van der Waals surface area contributed by atoms with Crippen molar-refractivity contribution in [2.24, 2.45) is 0 Å². The molecule has 0 atom stereocenters. The van der Waals surface area contributed by atoms with E-state index in [0.29, 0.717) is 22.3 Å². The van der Waals surface area contributed by atoms with Gasteiger partial charge in [0.05, 0.1) is 17.4 Å². The molecule has 0 aromatic carbocycles. The summed E-state index contributed by atoms with van der Waals surface area (Å²) in [6.45, 7) is 1.88. The predicted octanol–water partition coefficient (Wildman–Crippen LogP) is 1.36. The molecule has 3 heterocycles. The van der Waals surface area contributed by atoms with Gasteiger partial charge in [0.1, 0.15) is 11.7 Å². The molecule has 0 fully saturated rings. The Labute approximate surface area is 114 Å². The molecule has 0 radical (unpaired) electrons. The molecule has 0 amide bonds.